The topological polar surface area (TPSA) is 60.8 Å². The molecule has 0 radical (unpaired) electrons. The molecule has 0 amide bonds. The van der Waals surface area contributed by atoms with E-state index < -0.39 is 5.60 Å². The molecular weight excluding hydrogens is 422 g/mol. The number of ketones is 1. The van der Waals surface area contributed by atoms with Crippen LogP contribution in [0.25, 0.3) is 0 Å². The molecule has 1 aromatic carbocycles. The highest BCUT2D eigenvalue weighted by atomic mass is 16.3. The first kappa shape index (κ1) is 23.8. The number of benzene rings is 1. The largest absolute Gasteiger partial charge is 0.396 e. The molecule has 2 saturated carbocycles. The molecule has 0 spiro atoms. The average molecular weight is 464 g/mol. The van der Waals surface area contributed by atoms with Crippen LogP contribution in [0.5, 0.6) is 0 Å². The van der Waals surface area contributed by atoms with Gasteiger partial charge in [0.2, 0.25) is 0 Å². The van der Waals surface area contributed by atoms with Gasteiger partial charge in [-0.25, -0.2) is 0 Å². The molecule has 0 heterocycles. The van der Waals surface area contributed by atoms with Crippen LogP contribution < -0.4 is 4.90 Å². The van der Waals surface area contributed by atoms with Crippen molar-refractivity contribution in [2.75, 3.05) is 25.6 Å². The Morgan fingerprint density at radius 1 is 1.12 bits per heavy atom. The molecule has 184 valence electrons. The Morgan fingerprint density at radius 3 is 2.53 bits per heavy atom. The zero-order valence-electron chi connectivity index (χ0n) is 21.3. The number of hydrogen-bond donors (Lipinski definition) is 2. The first-order chi connectivity index (χ1) is 16.2. The summed E-state index contributed by atoms with van der Waals surface area (Å²) in [5.74, 6) is 1.67. The molecule has 0 bridgehead atoms. The van der Waals surface area contributed by atoms with E-state index in [1.54, 1.807) is 5.57 Å². The molecule has 2 N–H and O–H groups in total. The zero-order chi connectivity index (χ0) is 24.3. The summed E-state index contributed by atoms with van der Waals surface area (Å²) in [7, 11) is 4.14. The number of aliphatic hydroxyl groups is 2. The van der Waals surface area contributed by atoms with Crippen molar-refractivity contribution in [1.82, 2.24) is 0 Å². The molecule has 4 aliphatic carbocycles. The number of allylic oxidation sites excluding steroid dienone is 4. The Kier molecular flexibility index (Phi) is 6.05. The van der Waals surface area contributed by atoms with Gasteiger partial charge in [-0.2, -0.15) is 0 Å². The van der Waals surface area contributed by atoms with Crippen molar-refractivity contribution in [3.63, 3.8) is 0 Å². The number of carbonyl (C=O) groups excluding carboxylic acids is 1. The van der Waals surface area contributed by atoms with Gasteiger partial charge >= 0.3 is 0 Å². The highest BCUT2D eigenvalue weighted by Crippen LogP contribution is 2.68. The Morgan fingerprint density at radius 2 is 1.85 bits per heavy atom. The van der Waals surface area contributed by atoms with Crippen molar-refractivity contribution in [3.05, 3.63) is 52.6 Å². The van der Waals surface area contributed by atoms with Crippen molar-refractivity contribution in [3.8, 4) is 0 Å². The quantitative estimate of drug-likeness (QED) is 0.614. The maximum atomic E-state index is 12.2. The van der Waals surface area contributed by atoms with E-state index in [0.29, 0.717) is 31.1 Å². The highest BCUT2D eigenvalue weighted by Gasteiger charge is 2.65. The third kappa shape index (κ3) is 3.52. The summed E-state index contributed by atoms with van der Waals surface area (Å²) in [6.07, 6.45) is 8.78. The van der Waals surface area contributed by atoms with Gasteiger partial charge in [0, 0.05) is 44.1 Å². The lowest BCUT2D eigenvalue weighted by atomic mass is 9.50. The molecule has 2 fully saturated rings. The summed E-state index contributed by atoms with van der Waals surface area (Å²) in [6.45, 7) is 4.70. The maximum Gasteiger partial charge on any atom is 0.156 e. The first-order valence-electron chi connectivity index (χ1n) is 13.3. The van der Waals surface area contributed by atoms with E-state index in [1.165, 1.54) is 22.4 Å². The molecular formula is C30H41NO3. The third-order valence-corrected chi connectivity index (χ3v) is 10.1. The van der Waals surface area contributed by atoms with Crippen LogP contribution in [0.4, 0.5) is 5.69 Å². The summed E-state index contributed by atoms with van der Waals surface area (Å²) in [5.41, 5.74) is 5.90. The average Bonchev–Trinajstić information content (AvgIpc) is 3.02. The second kappa shape index (κ2) is 8.64. The van der Waals surface area contributed by atoms with Crippen LogP contribution in [0.2, 0.25) is 0 Å². The van der Waals surface area contributed by atoms with Crippen LogP contribution in [0.3, 0.4) is 0 Å². The molecule has 4 nitrogen and oxygen atoms in total. The van der Waals surface area contributed by atoms with E-state index in [4.69, 9.17) is 0 Å². The summed E-state index contributed by atoms with van der Waals surface area (Å²) < 4.78 is 0. The maximum absolute atomic E-state index is 12.2. The van der Waals surface area contributed by atoms with Crippen LogP contribution >= 0.6 is 0 Å². The van der Waals surface area contributed by atoms with Crippen molar-refractivity contribution in [2.45, 2.75) is 76.7 Å². The normalized spacial score (nSPS) is 37.1. The number of carbonyl (C=O) groups is 1. The van der Waals surface area contributed by atoms with Crippen molar-refractivity contribution < 1.29 is 15.0 Å². The van der Waals surface area contributed by atoms with E-state index in [0.717, 1.165) is 32.1 Å². The fourth-order valence-electron chi connectivity index (χ4n) is 8.27. The SMILES string of the molecule is C[C@H]1C[C@H]2[C@@H]3CCC4=CC(=O)CCC4=C3[C@@H](c3ccc(N(C)C)cc3)C[C@]2(C)[C@]1(O)CCCO. The monoisotopic (exact) mass is 463 g/mol. The van der Waals surface area contributed by atoms with Gasteiger partial charge < -0.3 is 15.1 Å². The van der Waals surface area contributed by atoms with Crippen molar-refractivity contribution >= 4 is 11.5 Å². The van der Waals surface area contributed by atoms with Gasteiger partial charge in [0.25, 0.3) is 0 Å². The van der Waals surface area contributed by atoms with Gasteiger partial charge in [0.1, 0.15) is 0 Å². The molecule has 0 unspecified atom stereocenters. The molecule has 4 aliphatic rings. The van der Waals surface area contributed by atoms with Gasteiger partial charge in [-0.05, 0) is 97.6 Å². The van der Waals surface area contributed by atoms with Gasteiger partial charge in [-0.3, -0.25) is 4.79 Å². The summed E-state index contributed by atoms with van der Waals surface area (Å²) >= 11 is 0. The van der Waals surface area contributed by atoms with E-state index in [1.807, 2.05) is 6.08 Å². The number of hydrogen-bond acceptors (Lipinski definition) is 4. The van der Waals surface area contributed by atoms with Gasteiger partial charge in [0.05, 0.1) is 5.60 Å². The van der Waals surface area contributed by atoms with Gasteiger partial charge in [0.15, 0.2) is 5.78 Å². The van der Waals surface area contributed by atoms with E-state index in [2.05, 4.69) is 57.1 Å². The lowest BCUT2D eigenvalue weighted by molar-refractivity contribution is -0.118. The van der Waals surface area contributed by atoms with Crippen LogP contribution in [-0.2, 0) is 4.79 Å². The highest BCUT2D eigenvalue weighted by molar-refractivity contribution is 5.93. The van der Waals surface area contributed by atoms with Crippen molar-refractivity contribution in [1.29, 1.82) is 0 Å². The standard InChI is InChI=1S/C30H41NO3/c1-19-16-27-25-12-8-21-17-23(33)11-13-24(21)28(25)26(20-6-9-22(10-7-20)31(3)4)18-29(27,2)30(19,34)14-5-15-32/h6-7,9-10,17,19,25-27,32,34H,5,8,11-16,18H2,1-4H3/t19-,25-,26+,27-,29-,30-/m0/s1. The van der Waals surface area contributed by atoms with E-state index >= 15 is 0 Å². The van der Waals surface area contributed by atoms with Gasteiger partial charge in [-0.1, -0.05) is 31.6 Å². The molecule has 1 aromatic rings. The smallest absolute Gasteiger partial charge is 0.156 e. The molecule has 4 heteroatoms. The minimum atomic E-state index is -0.753. The summed E-state index contributed by atoms with van der Waals surface area (Å²) in [4.78, 5) is 14.4. The second-order valence-electron chi connectivity index (χ2n) is 11.9. The zero-order valence-corrected chi connectivity index (χ0v) is 21.3. The predicted octanol–water partition coefficient (Wildman–Crippen LogP) is 5.40. The third-order valence-electron chi connectivity index (χ3n) is 10.1. The van der Waals surface area contributed by atoms with Crippen LogP contribution in [0.15, 0.2) is 47.1 Å². The van der Waals surface area contributed by atoms with E-state index in [9.17, 15) is 15.0 Å². The minimum Gasteiger partial charge on any atom is -0.396 e. The first-order valence-corrected chi connectivity index (χ1v) is 13.3. The van der Waals surface area contributed by atoms with E-state index in [-0.39, 0.29) is 29.6 Å². The summed E-state index contributed by atoms with van der Waals surface area (Å²) in [5, 5.41) is 21.8. The Labute approximate surface area is 204 Å². The predicted molar refractivity (Wildman–Crippen MR) is 137 cm³/mol. The molecule has 34 heavy (non-hydrogen) atoms. The Bertz CT molecular complexity index is 1020. The van der Waals surface area contributed by atoms with Crippen LogP contribution in [0.1, 0.15) is 76.7 Å². The van der Waals surface area contributed by atoms with Gasteiger partial charge in [-0.15, -0.1) is 0 Å². The number of anilines is 1. The lowest BCUT2D eigenvalue weighted by Crippen LogP contribution is -2.53. The Balaban J connectivity index is 1.65. The minimum absolute atomic E-state index is 0.131. The molecule has 6 atom stereocenters. The fraction of sp³-hybridized carbons (Fsp3) is 0.633. The van der Waals surface area contributed by atoms with Crippen molar-refractivity contribution in [2.24, 2.45) is 23.2 Å². The molecule has 0 saturated heterocycles. The van der Waals surface area contributed by atoms with Crippen LogP contribution in [0, 0.1) is 23.2 Å². The second-order valence-corrected chi connectivity index (χ2v) is 11.9. The number of fused-ring (bicyclic) bond motifs is 4. The number of nitrogens with zero attached hydrogens (tertiary/aromatic N) is 1. The summed E-state index contributed by atoms with van der Waals surface area (Å²) in [6, 6.07) is 8.99. The molecule has 5 rings (SSSR count). The molecule has 0 aromatic heterocycles. The lowest BCUT2D eigenvalue weighted by Gasteiger charge is -2.55. The van der Waals surface area contributed by atoms with Crippen LogP contribution in [-0.4, -0.2) is 42.3 Å². The number of rotatable bonds is 5. The molecule has 0 aliphatic heterocycles. The Hall–Kier alpha value is -1.91. The number of aliphatic hydroxyl groups excluding tert-OH is 1. The fourth-order valence-corrected chi connectivity index (χ4v) is 8.27.